The van der Waals surface area contributed by atoms with Gasteiger partial charge in [-0.3, -0.25) is 4.79 Å². The zero-order chi connectivity index (χ0) is 14.2. The molecule has 0 N–H and O–H groups in total. The number of nitrogens with zero attached hydrogens (tertiary/aromatic N) is 6. The Labute approximate surface area is 113 Å². The number of amides is 1. The SMILES string of the molecule is Cc1nc(N(C)C)nc(N2CCN(C)C(=O)C2C)n1. The normalized spacial score (nSPS) is 19.8. The molecule has 0 saturated carbocycles. The highest BCUT2D eigenvalue weighted by molar-refractivity contribution is 5.85. The number of piperazine rings is 1. The number of likely N-dealkylation sites (N-methyl/N-ethyl adjacent to an activating group) is 1. The lowest BCUT2D eigenvalue weighted by Gasteiger charge is -2.37. The molecule has 2 rings (SSSR count). The monoisotopic (exact) mass is 264 g/mol. The van der Waals surface area contributed by atoms with Gasteiger partial charge in [0, 0.05) is 34.2 Å². The predicted octanol–water partition coefficient (Wildman–Crippen LogP) is -0.0871. The molecule has 1 aromatic rings. The first-order valence-corrected chi connectivity index (χ1v) is 6.31. The molecule has 7 nitrogen and oxygen atoms in total. The lowest BCUT2D eigenvalue weighted by atomic mass is 10.2. The fourth-order valence-corrected chi connectivity index (χ4v) is 2.07. The first-order chi connectivity index (χ1) is 8.90. The van der Waals surface area contributed by atoms with Crippen LogP contribution in [0.2, 0.25) is 0 Å². The van der Waals surface area contributed by atoms with Crippen LogP contribution in [-0.4, -0.2) is 66.0 Å². The fraction of sp³-hybridized carbons (Fsp3) is 0.667. The van der Waals surface area contributed by atoms with Crippen LogP contribution in [0.5, 0.6) is 0 Å². The average Bonchev–Trinajstić information content (AvgIpc) is 2.35. The van der Waals surface area contributed by atoms with E-state index in [0.717, 1.165) is 6.54 Å². The lowest BCUT2D eigenvalue weighted by Crippen LogP contribution is -2.55. The van der Waals surface area contributed by atoms with Crippen molar-refractivity contribution in [1.29, 1.82) is 0 Å². The summed E-state index contributed by atoms with van der Waals surface area (Å²) in [5.41, 5.74) is 0. The Bertz CT molecular complexity index is 489. The van der Waals surface area contributed by atoms with E-state index in [9.17, 15) is 4.79 Å². The number of aryl methyl sites for hydroxylation is 1. The van der Waals surface area contributed by atoms with Crippen LogP contribution in [-0.2, 0) is 4.79 Å². The largest absolute Gasteiger partial charge is 0.347 e. The van der Waals surface area contributed by atoms with Crippen molar-refractivity contribution in [3.63, 3.8) is 0 Å². The molecule has 0 spiro atoms. The van der Waals surface area contributed by atoms with Gasteiger partial charge in [-0.05, 0) is 13.8 Å². The maximum absolute atomic E-state index is 12.0. The van der Waals surface area contributed by atoms with Crippen LogP contribution in [0.3, 0.4) is 0 Å². The highest BCUT2D eigenvalue weighted by Crippen LogP contribution is 2.18. The number of carbonyl (C=O) groups excluding carboxylic acids is 1. The Morgan fingerprint density at radius 3 is 2.53 bits per heavy atom. The third-order valence-corrected chi connectivity index (χ3v) is 3.26. The van der Waals surface area contributed by atoms with Crippen molar-refractivity contribution in [3.05, 3.63) is 5.82 Å². The molecule has 0 aromatic carbocycles. The molecule has 1 amide bonds. The minimum atomic E-state index is -0.240. The number of carbonyl (C=O) groups is 1. The van der Waals surface area contributed by atoms with Crippen LogP contribution in [0.15, 0.2) is 0 Å². The van der Waals surface area contributed by atoms with Crippen LogP contribution < -0.4 is 9.80 Å². The van der Waals surface area contributed by atoms with Gasteiger partial charge in [0.2, 0.25) is 17.8 Å². The van der Waals surface area contributed by atoms with E-state index in [2.05, 4.69) is 15.0 Å². The van der Waals surface area contributed by atoms with Gasteiger partial charge < -0.3 is 14.7 Å². The van der Waals surface area contributed by atoms with Gasteiger partial charge in [-0.1, -0.05) is 0 Å². The second-order valence-electron chi connectivity index (χ2n) is 5.01. The maximum Gasteiger partial charge on any atom is 0.244 e. The van der Waals surface area contributed by atoms with Crippen LogP contribution in [0, 0.1) is 6.92 Å². The van der Waals surface area contributed by atoms with Crippen molar-refractivity contribution < 1.29 is 4.79 Å². The molecule has 104 valence electrons. The standard InChI is InChI=1S/C12H20N6O/c1-8-10(19)17(5)6-7-18(8)12-14-9(2)13-11(15-12)16(3)4/h8H,6-7H2,1-5H3. The summed E-state index contributed by atoms with van der Waals surface area (Å²) in [6.45, 7) is 5.14. The van der Waals surface area contributed by atoms with Gasteiger partial charge in [-0.25, -0.2) is 0 Å². The Morgan fingerprint density at radius 2 is 1.89 bits per heavy atom. The van der Waals surface area contributed by atoms with Crippen molar-refractivity contribution in [1.82, 2.24) is 19.9 Å². The quantitative estimate of drug-likeness (QED) is 0.744. The van der Waals surface area contributed by atoms with E-state index in [-0.39, 0.29) is 11.9 Å². The summed E-state index contributed by atoms with van der Waals surface area (Å²) in [5, 5.41) is 0. The lowest BCUT2D eigenvalue weighted by molar-refractivity contribution is -0.132. The van der Waals surface area contributed by atoms with Crippen molar-refractivity contribution in [2.75, 3.05) is 44.0 Å². The maximum atomic E-state index is 12.0. The van der Waals surface area contributed by atoms with Crippen molar-refractivity contribution >= 4 is 17.8 Å². The topological polar surface area (TPSA) is 65.5 Å². The Morgan fingerprint density at radius 1 is 1.21 bits per heavy atom. The van der Waals surface area contributed by atoms with Gasteiger partial charge in [-0.2, -0.15) is 15.0 Å². The first kappa shape index (κ1) is 13.5. The number of aromatic nitrogens is 3. The Kier molecular flexibility index (Phi) is 3.55. The molecular formula is C12H20N6O. The molecule has 1 aliphatic rings. The van der Waals surface area contributed by atoms with E-state index >= 15 is 0 Å². The Hall–Kier alpha value is -1.92. The predicted molar refractivity (Wildman–Crippen MR) is 73.3 cm³/mol. The molecule has 1 unspecified atom stereocenters. The number of anilines is 2. The molecular weight excluding hydrogens is 244 g/mol. The summed E-state index contributed by atoms with van der Waals surface area (Å²) in [4.78, 5) is 30.6. The number of rotatable bonds is 2. The number of hydrogen-bond acceptors (Lipinski definition) is 6. The second-order valence-corrected chi connectivity index (χ2v) is 5.01. The molecule has 2 heterocycles. The van der Waals surface area contributed by atoms with Crippen LogP contribution in [0.4, 0.5) is 11.9 Å². The summed E-state index contributed by atoms with van der Waals surface area (Å²) in [6, 6.07) is -0.240. The summed E-state index contributed by atoms with van der Waals surface area (Å²) >= 11 is 0. The van der Waals surface area contributed by atoms with Crippen LogP contribution in [0.25, 0.3) is 0 Å². The van der Waals surface area contributed by atoms with Gasteiger partial charge in [-0.15, -0.1) is 0 Å². The fourth-order valence-electron chi connectivity index (χ4n) is 2.07. The molecule has 1 fully saturated rings. The molecule has 1 saturated heterocycles. The summed E-state index contributed by atoms with van der Waals surface area (Å²) in [5.74, 6) is 1.94. The zero-order valence-corrected chi connectivity index (χ0v) is 12.1. The average molecular weight is 264 g/mol. The van der Waals surface area contributed by atoms with Gasteiger partial charge in [0.05, 0.1) is 0 Å². The highest BCUT2D eigenvalue weighted by atomic mass is 16.2. The van der Waals surface area contributed by atoms with E-state index in [1.807, 2.05) is 44.8 Å². The minimum Gasteiger partial charge on any atom is -0.347 e. The molecule has 0 radical (unpaired) electrons. The van der Waals surface area contributed by atoms with Crippen molar-refractivity contribution in [3.8, 4) is 0 Å². The molecule has 1 aliphatic heterocycles. The third-order valence-electron chi connectivity index (χ3n) is 3.26. The van der Waals surface area contributed by atoms with E-state index in [1.54, 1.807) is 4.90 Å². The molecule has 1 atom stereocenters. The summed E-state index contributed by atoms with van der Waals surface area (Å²) < 4.78 is 0. The summed E-state index contributed by atoms with van der Waals surface area (Å²) in [7, 11) is 5.59. The molecule has 0 aliphatic carbocycles. The first-order valence-electron chi connectivity index (χ1n) is 6.31. The molecule has 1 aromatic heterocycles. The molecule has 0 bridgehead atoms. The number of hydrogen-bond donors (Lipinski definition) is 0. The minimum absolute atomic E-state index is 0.0933. The van der Waals surface area contributed by atoms with Gasteiger partial charge in [0.15, 0.2) is 0 Å². The highest BCUT2D eigenvalue weighted by Gasteiger charge is 2.31. The van der Waals surface area contributed by atoms with Crippen molar-refractivity contribution in [2.45, 2.75) is 19.9 Å². The van der Waals surface area contributed by atoms with Crippen molar-refractivity contribution in [2.24, 2.45) is 0 Å². The smallest absolute Gasteiger partial charge is 0.244 e. The van der Waals surface area contributed by atoms with E-state index in [0.29, 0.717) is 24.3 Å². The van der Waals surface area contributed by atoms with Crippen LogP contribution >= 0.6 is 0 Å². The van der Waals surface area contributed by atoms with Crippen LogP contribution in [0.1, 0.15) is 12.7 Å². The van der Waals surface area contributed by atoms with E-state index in [1.165, 1.54) is 0 Å². The van der Waals surface area contributed by atoms with Gasteiger partial charge in [0.25, 0.3) is 0 Å². The molecule has 19 heavy (non-hydrogen) atoms. The molecule has 7 heteroatoms. The second kappa shape index (κ2) is 4.99. The van der Waals surface area contributed by atoms with Gasteiger partial charge >= 0.3 is 0 Å². The Balaban J connectivity index is 2.33. The van der Waals surface area contributed by atoms with E-state index in [4.69, 9.17) is 0 Å². The third kappa shape index (κ3) is 2.59. The zero-order valence-electron chi connectivity index (χ0n) is 12.1. The van der Waals surface area contributed by atoms with Gasteiger partial charge in [0.1, 0.15) is 11.9 Å². The summed E-state index contributed by atoms with van der Waals surface area (Å²) in [6.07, 6.45) is 0. The van der Waals surface area contributed by atoms with E-state index < -0.39 is 0 Å².